The Bertz CT molecular complexity index is 2590. The Labute approximate surface area is 424 Å². The number of aryl methyl sites for hydroxylation is 1. The molecule has 71 heavy (non-hydrogen) atoms. The number of hydrogen-bond donors (Lipinski definition) is 2. The standard InChI is InChI=1S/C49H57ClF4N8O7S2/c1-30-41(71-28-58-30)32-14-12-31(13-15-32)25-56-43(64)37-11-10-18-61(37)45(65)42(47(2,3)4)59-38(63)27-68-22-21-67-19-8-9-20-69-44-35(50)23-34(26-57-44)62(29-70)48(5,6)46(66)60(7)36-17-16-33(24-55)39(40(36)51)49(52,53)54/h12-17,23,26,28-29,37,42H,8-11,18-22,25,27H2,1-7H3,(H,56,64)(H,59,63). The molecule has 2 aromatic heterocycles. The Kier molecular flexibility index (Phi) is 19.4. The van der Waals surface area contributed by atoms with Crippen LogP contribution in [-0.2, 0) is 41.4 Å². The number of benzene rings is 2. The minimum atomic E-state index is -5.18. The van der Waals surface area contributed by atoms with Gasteiger partial charge in [0, 0.05) is 26.7 Å². The van der Waals surface area contributed by atoms with Gasteiger partial charge in [-0.3, -0.25) is 19.2 Å². The van der Waals surface area contributed by atoms with Crippen LogP contribution in [0.15, 0.2) is 54.2 Å². The van der Waals surface area contributed by atoms with E-state index in [1.165, 1.54) is 37.1 Å². The van der Waals surface area contributed by atoms with Crippen LogP contribution >= 0.6 is 35.2 Å². The second kappa shape index (κ2) is 24.6. The average molecular weight is 1050 g/mol. The normalized spacial score (nSPS) is 14.4. The summed E-state index contributed by atoms with van der Waals surface area (Å²) in [4.78, 5) is 67.2. The van der Waals surface area contributed by atoms with Crippen LogP contribution in [-0.4, -0.2) is 108 Å². The molecule has 2 aromatic carbocycles. The lowest BCUT2D eigenvalue weighted by atomic mass is 9.85. The summed E-state index contributed by atoms with van der Waals surface area (Å²) in [5.74, 6) is -3.57. The number of likely N-dealkylation sites (tertiary alicyclic amines) is 1. The van der Waals surface area contributed by atoms with E-state index in [0.717, 1.165) is 51.3 Å². The van der Waals surface area contributed by atoms with E-state index in [4.69, 9.17) is 43.3 Å². The van der Waals surface area contributed by atoms with E-state index in [1.807, 2.05) is 57.5 Å². The molecule has 1 fully saturated rings. The Morgan fingerprint density at radius 3 is 2.34 bits per heavy atom. The fourth-order valence-electron chi connectivity index (χ4n) is 7.83. The molecular formula is C49H57ClF4N8O7S2. The van der Waals surface area contributed by atoms with E-state index in [0.29, 0.717) is 45.4 Å². The molecule has 1 aliphatic rings. The number of carbonyl (C=O) groups excluding carboxylic acids is 4. The zero-order valence-electron chi connectivity index (χ0n) is 40.5. The molecule has 2 N–H and O–H groups in total. The van der Waals surface area contributed by atoms with Gasteiger partial charge >= 0.3 is 6.18 Å². The third-order valence-electron chi connectivity index (χ3n) is 11.7. The summed E-state index contributed by atoms with van der Waals surface area (Å²) in [6.45, 7) is 11.7. The largest absolute Gasteiger partial charge is 0.477 e. The number of likely N-dealkylation sites (N-methyl/N-ethyl adjacent to an activating group) is 1. The molecule has 2 unspecified atom stereocenters. The van der Waals surface area contributed by atoms with Crippen LogP contribution in [0.25, 0.3) is 10.4 Å². The number of thiazole rings is 1. The van der Waals surface area contributed by atoms with E-state index in [1.54, 1.807) is 16.2 Å². The topological polar surface area (TPSA) is 179 Å². The molecule has 4 aromatic rings. The number of pyridine rings is 1. The maximum atomic E-state index is 15.2. The number of thiocarbonyl (C=S) groups is 1. The van der Waals surface area contributed by atoms with E-state index in [9.17, 15) is 32.3 Å². The van der Waals surface area contributed by atoms with Crippen LogP contribution in [0.2, 0.25) is 5.02 Å². The molecule has 5 rings (SSSR count). The predicted molar refractivity (Wildman–Crippen MR) is 266 cm³/mol. The first-order valence-corrected chi connectivity index (χ1v) is 24.4. The van der Waals surface area contributed by atoms with Crippen LogP contribution in [0.4, 0.5) is 28.9 Å². The second-order valence-electron chi connectivity index (χ2n) is 18.3. The van der Waals surface area contributed by atoms with Gasteiger partial charge in [-0.25, -0.2) is 14.4 Å². The SMILES string of the molecule is Cc1ncsc1-c1ccc(CNC(=O)C2CCCN2C(=O)C(NC(=O)COCCOCCCCOc2ncc(N(C=S)C(C)(C)C(=O)N(C)c3ccc(C#N)c(C(F)(F)F)c3F)cc2Cl)C(C)(C)C)cc1. The smallest absolute Gasteiger partial charge is 0.420 e. The van der Waals surface area contributed by atoms with Crippen molar-refractivity contribution in [3.63, 3.8) is 0 Å². The molecule has 2 atom stereocenters. The first-order valence-electron chi connectivity index (χ1n) is 22.6. The summed E-state index contributed by atoms with van der Waals surface area (Å²) in [5.41, 5.74) is 0.492. The number of alkyl halides is 3. The van der Waals surface area contributed by atoms with Gasteiger partial charge in [0.25, 0.3) is 5.91 Å². The number of nitrogens with zero attached hydrogens (tertiary/aromatic N) is 6. The van der Waals surface area contributed by atoms with Crippen molar-refractivity contribution in [1.29, 1.82) is 5.26 Å². The van der Waals surface area contributed by atoms with E-state index < -0.39 is 63.7 Å². The maximum absolute atomic E-state index is 15.2. The molecule has 0 aliphatic carbocycles. The molecule has 0 spiro atoms. The highest BCUT2D eigenvalue weighted by Crippen LogP contribution is 2.39. The molecule has 4 amide bonds. The lowest BCUT2D eigenvalue weighted by molar-refractivity contribution is -0.144. The number of nitriles is 1. The fourth-order valence-corrected chi connectivity index (χ4v) is 9.24. The zero-order valence-corrected chi connectivity index (χ0v) is 42.8. The number of carbonyl (C=O) groups is 4. The number of unbranched alkanes of at least 4 members (excludes halogenated alkanes) is 1. The fraction of sp³-hybridized carbons (Fsp3) is 0.469. The number of aromatic nitrogens is 2. The van der Waals surface area contributed by atoms with Crippen molar-refractivity contribution in [2.24, 2.45) is 5.41 Å². The molecule has 0 radical (unpaired) electrons. The van der Waals surface area contributed by atoms with Gasteiger partial charge in [0.05, 0.1) is 70.6 Å². The highest BCUT2D eigenvalue weighted by Gasteiger charge is 2.43. The molecule has 0 bridgehead atoms. The molecule has 1 saturated heterocycles. The van der Waals surface area contributed by atoms with Crippen molar-refractivity contribution >= 4 is 75.7 Å². The second-order valence-corrected chi connectivity index (χ2v) is 19.7. The number of rotatable bonds is 22. The van der Waals surface area contributed by atoms with Gasteiger partial charge < -0.3 is 39.5 Å². The summed E-state index contributed by atoms with van der Waals surface area (Å²) in [6.07, 6.45) is -1.53. The molecule has 22 heteroatoms. The summed E-state index contributed by atoms with van der Waals surface area (Å²) in [6, 6.07) is 10.9. The van der Waals surface area contributed by atoms with Crippen LogP contribution in [0.5, 0.6) is 5.88 Å². The Balaban J connectivity index is 1.00. The van der Waals surface area contributed by atoms with Crippen LogP contribution < -0.4 is 25.2 Å². The van der Waals surface area contributed by atoms with Gasteiger partial charge in [0.1, 0.15) is 34.8 Å². The van der Waals surface area contributed by atoms with Crippen molar-refractivity contribution in [3.8, 4) is 22.4 Å². The van der Waals surface area contributed by atoms with E-state index >= 15 is 4.39 Å². The quantitative estimate of drug-likeness (QED) is 0.0437. The van der Waals surface area contributed by atoms with Gasteiger partial charge in [-0.05, 0) is 81.2 Å². The minimum absolute atomic E-state index is 0.0734. The highest BCUT2D eigenvalue weighted by molar-refractivity contribution is 7.79. The molecule has 1 aliphatic heterocycles. The zero-order chi connectivity index (χ0) is 52.3. The van der Waals surface area contributed by atoms with Crippen LogP contribution in [0.1, 0.15) is 82.7 Å². The Hall–Kier alpha value is -5.79. The van der Waals surface area contributed by atoms with Crippen LogP contribution in [0, 0.1) is 29.5 Å². The van der Waals surface area contributed by atoms with E-state index in [-0.39, 0.29) is 54.8 Å². The predicted octanol–water partition coefficient (Wildman–Crippen LogP) is 8.43. The lowest BCUT2D eigenvalue weighted by Gasteiger charge is -2.38. The number of anilines is 2. The van der Waals surface area contributed by atoms with Gasteiger partial charge in [0.15, 0.2) is 5.82 Å². The Morgan fingerprint density at radius 2 is 1.72 bits per heavy atom. The molecule has 3 heterocycles. The Morgan fingerprint density at radius 1 is 1.03 bits per heavy atom. The van der Waals surface area contributed by atoms with Crippen molar-refractivity contribution in [1.82, 2.24) is 25.5 Å². The number of ether oxygens (including phenoxy) is 3. The van der Waals surface area contributed by atoms with Gasteiger partial charge in [-0.15, -0.1) is 11.3 Å². The average Bonchev–Trinajstić information content (AvgIpc) is 3.99. The minimum Gasteiger partial charge on any atom is -0.477 e. The molecule has 0 saturated carbocycles. The summed E-state index contributed by atoms with van der Waals surface area (Å²) in [5, 5.41) is 15.0. The maximum Gasteiger partial charge on any atom is 0.420 e. The van der Waals surface area contributed by atoms with Crippen molar-refractivity contribution in [2.75, 3.05) is 56.4 Å². The highest BCUT2D eigenvalue weighted by atomic mass is 35.5. The monoisotopic (exact) mass is 1040 g/mol. The number of hydrogen-bond acceptors (Lipinski definition) is 12. The van der Waals surface area contributed by atoms with Crippen molar-refractivity contribution < 1.29 is 51.0 Å². The summed E-state index contributed by atoms with van der Waals surface area (Å²) in [7, 11) is 1.11. The first kappa shape index (κ1) is 56.1. The van der Waals surface area contributed by atoms with Crippen LogP contribution in [0.3, 0.4) is 0 Å². The van der Waals surface area contributed by atoms with Crippen molar-refractivity contribution in [3.05, 3.63) is 87.4 Å². The lowest BCUT2D eigenvalue weighted by Crippen LogP contribution is -2.58. The van der Waals surface area contributed by atoms with Gasteiger partial charge in [-0.2, -0.15) is 18.4 Å². The first-order chi connectivity index (χ1) is 33.5. The third kappa shape index (κ3) is 14.2. The third-order valence-corrected chi connectivity index (χ3v) is 13.2. The van der Waals surface area contributed by atoms with Gasteiger partial charge in [-0.1, -0.05) is 68.9 Å². The van der Waals surface area contributed by atoms with E-state index in [2.05, 4.69) is 20.6 Å². The number of amides is 4. The number of nitrogens with one attached hydrogen (secondary N) is 2. The molecular weight excluding hydrogens is 988 g/mol. The molecule has 15 nitrogen and oxygen atoms in total. The number of halogens is 5. The summed E-state index contributed by atoms with van der Waals surface area (Å²) >= 11 is 13.2. The van der Waals surface area contributed by atoms with Gasteiger partial charge in [0.2, 0.25) is 23.6 Å². The van der Waals surface area contributed by atoms with Crippen molar-refractivity contribution in [2.45, 2.75) is 97.6 Å². The molecule has 382 valence electrons. The summed E-state index contributed by atoms with van der Waals surface area (Å²) < 4.78 is 73.1.